The molecule has 0 spiro atoms. The Morgan fingerprint density at radius 2 is 2.11 bits per heavy atom. The number of hydrogen-bond donors (Lipinski definition) is 2. The molecule has 2 atom stereocenters. The third-order valence-corrected chi connectivity index (χ3v) is 5.39. The number of likely N-dealkylation sites (tertiary alicyclic amines) is 1. The van der Waals surface area contributed by atoms with Crippen LogP contribution in [-0.2, 0) is 4.74 Å². The van der Waals surface area contributed by atoms with E-state index in [2.05, 4.69) is 22.1 Å². The smallest absolute Gasteiger partial charge is 0.322 e. The number of urea groups is 1. The standard InChI is InChI=1S/C19H25N5O4/c1-11-3-4-14-15(16(17(20)25)28-18(14)21-11)22-19(26)24-6-5-13(10-24)23-7-8-27-12(2)9-23/h3-4,12-13H,5-10H2,1-2H3,(H2,20,25)(H,22,26)/t12-,13+/m0/s1. The average Bonchev–Trinajstić information content (AvgIpc) is 3.27. The lowest BCUT2D eigenvalue weighted by atomic mass is 10.2. The zero-order valence-corrected chi connectivity index (χ0v) is 16.1. The Hall–Kier alpha value is -2.65. The van der Waals surface area contributed by atoms with E-state index >= 15 is 0 Å². The average molecular weight is 387 g/mol. The summed E-state index contributed by atoms with van der Waals surface area (Å²) >= 11 is 0. The Bertz CT molecular complexity index is 911. The minimum Gasteiger partial charge on any atom is -0.430 e. The molecule has 3 N–H and O–H groups in total. The Morgan fingerprint density at radius 3 is 2.86 bits per heavy atom. The molecule has 0 bridgehead atoms. The number of anilines is 1. The lowest BCUT2D eigenvalue weighted by Crippen LogP contribution is -2.48. The van der Waals surface area contributed by atoms with Crippen molar-refractivity contribution in [3.05, 3.63) is 23.6 Å². The normalized spacial score (nSPS) is 23.3. The molecular weight excluding hydrogens is 362 g/mol. The van der Waals surface area contributed by atoms with Crippen LogP contribution >= 0.6 is 0 Å². The highest BCUT2D eigenvalue weighted by atomic mass is 16.5. The third-order valence-electron chi connectivity index (χ3n) is 5.39. The van der Waals surface area contributed by atoms with Gasteiger partial charge in [0, 0.05) is 37.9 Å². The number of rotatable bonds is 3. The second-order valence-corrected chi connectivity index (χ2v) is 7.47. The number of morpholine rings is 1. The number of ether oxygens (including phenoxy) is 1. The summed E-state index contributed by atoms with van der Waals surface area (Å²) in [6.45, 7) is 7.66. The van der Waals surface area contributed by atoms with E-state index in [9.17, 15) is 9.59 Å². The van der Waals surface area contributed by atoms with Gasteiger partial charge in [-0.1, -0.05) is 0 Å². The number of aromatic nitrogens is 1. The van der Waals surface area contributed by atoms with Crippen molar-refractivity contribution in [1.82, 2.24) is 14.8 Å². The highest BCUT2D eigenvalue weighted by Crippen LogP contribution is 2.30. The van der Waals surface area contributed by atoms with Gasteiger partial charge in [-0.3, -0.25) is 9.69 Å². The first-order chi connectivity index (χ1) is 13.4. The molecule has 0 aliphatic carbocycles. The van der Waals surface area contributed by atoms with Crippen molar-refractivity contribution in [1.29, 1.82) is 0 Å². The van der Waals surface area contributed by atoms with E-state index in [0.29, 0.717) is 24.5 Å². The molecule has 4 heterocycles. The molecule has 2 aromatic heterocycles. The number of aryl methyl sites for hydroxylation is 1. The van der Waals surface area contributed by atoms with Crippen molar-refractivity contribution in [2.45, 2.75) is 32.4 Å². The van der Waals surface area contributed by atoms with E-state index in [-0.39, 0.29) is 29.3 Å². The number of hydrogen-bond acceptors (Lipinski definition) is 6. The van der Waals surface area contributed by atoms with Gasteiger partial charge in [0.1, 0.15) is 5.69 Å². The number of furan rings is 1. The second kappa shape index (κ2) is 7.40. The highest BCUT2D eigenvalue weighted by Gasteiger charge is 2.33. The highest BCUT2D eigenvalue weighted by molar-refractivity contribution is 6.09. The van der Waals surface area contributed by atoms with E-state index in [0.717, 1.165) is 31.8 Å². The maximum atomic E-state index is 12.8. The third kappa shape index (κ3) is 3.55. The molecule has 2 saturated heterocycles. The summed E-state index contributed by atoms with van der Waals surface area (Å²) in [6, 6.07) is 3.61. The summed E-state index contributed by atoms with van der Waals surface area (Å²) in [7, 11) is 0. The molecule has 2 aliphatic rings. The fourth-order valence-electron chi connectivity index (χ4n) is 3.96. The van der Waals surface area contributed by atoms with Crippen LogP contribution in [0.15, 0.2) is 16.5 Å². The minimum absolute atomic E-state index is 0.0841. The van der Waals surface area contributed by atoms with Gasteiger partial charge in [-0.15, -0.1) is 0 Å². The van der Waals surface area contributed by atoms with Crippen molar-refractivity contribution in [3.63, 3.8) is 0 Å². The quantitative estimate of drug-likeness (QED) is 0.826. The SMILES string of the molecule is Cc1ccc2c(NC(=O)N3CC[C@@H](N4CCO[C@@H](C)C4)C3)c(C(N)=O)oc2n1. The summed E-state index contributed by atoms with van der Waals surface area (Å²) in [5.74, 6) is -0.827. The van der Waals surface area contributed by atoms with Crippen LogP contribution in [0.4, 0.5) is 10.5 Å². The first kappa shape index (κ1) is 18.7. The molecule has 9 heteroatoms. The molecule has 0 aromatic carbocycles. The molecule has 3 amide bonds. The van der Waals surface area contributed by atoms with E-state index < -0.39 is 5.91 Å². The lowest BCUT2D eigenvalue weighted by molar-refractivity contribution is -0.0319. The molecule has 28 heavy (non-hydrogen) atoms. The second-order valence-electron chi connectivity index (χ2n) is 7.47. The molecule has 4 rings (SSSR count). The van der Waals surface area contributed by atoms with E-state index in [1.165, 1.54) is 0 Å². The zero-order chi connectivity index (χ0) is 19.8. The number of nitrogens with zero attached hydrogens (tertiary/aromatic N) is 3. The van der Waals surface area contributed by atoms with Gasteiger partial charge in [0.05, 0.1) is 18.1 Å². The Balaban J connectivity index is 1.50. The van der Waals surface area contributed by atoms with E-state index in [4.69, 9.17) is 14.9 Å². The summed E-state index contributed by atoms with van der Waals surface area (Å²) in [6.07, 6.45) is 1.12. The lowest BCUT2D eigenvalue weighted by Gasteiger charge is -2.35. The monoisotopic (exact) mass is 387 g/mol. The van der Waals surface area contributed by atoms with Gasteiger partial charge < -0.3 is 25.1 Å². The first-order valence-corrected chi connectivity index (χ1v) is 9.54. The molecule has 0 unspecified atom stereocenters. The van der Waals surface area contributed by atoms with Gasteiger partial charge in [0.25, 0.3) is 5.91 Å². The maximum absolute atomic E-state index is 12.8. The van der Waals surface area contributed by atoms with E-state index in [1.807, 2.05) is 6.92 Å². The molecule has 2 fully saturated rings. The predicted octanol–water partition coefficient (Wildman–Crippen LogP) is 1.56. The number of carbonyl (C=O) groups is 2. The number of nitrogens with two attached hydrogens (primary N) is 1. The molecule has 0 saturated carbocycles. The Morgan fingerprint density at radius 1 is 1.29 bits per heavy atom. The summed E-state index contributed by atoms with van der Waals surface area (Å²) in [5.41, 5.74) is 6.75. The fraction of sp³-hybridized carbons (Fsp3) is 0.526. The van der Waals surface area contributed by atoms with Gasteiger partial charge in [0.2, 0.25) is 11.5 Å². The van der Waals surface area contributed by atoms with Gasteiger partial charge in [-0.2, -0.15) is 0 Å². The molecule has 150 valence electrons. The van der Waals surface area contributed by atoms with Gasteiger partial charge in [-0.05, 0) is 32.4 Å². The molecule has 9 nitrogen and oxygen atoms in total. The minimum atomic E-state index is -0.743. The van der Waals surface area contributed by atoms with Gasteiger partial charge >= 0.3 is 6.03 Å². The van der Waals surface area contributed by atoms with Gasteiger partial charge in [0.15, 0.2) is 0 Å². The van der Waals surface area contributed by atoms with Gasteiger partial charge in [-0.25, -0.2) is 9.78 Å². The number of amides is 3. The number of carbonyl (C=O) groups excluding carboxylic acids is 2. The predicted molar refractivity (Wildman–Crippen MR) is 103 cm³/mol. The summed E-state index contributed by atoms with van der Waals surface area (Å²) in [4.78, 5) is 33.0. The van der Waals surface area contributed by atoms with Crippen molar-refractivity contribution in [3.8, 4) is 0 Å². The maximum Gasteiger partial charge on any atom is 0.322 e. The molecule has 0 radical (unpaired) electrons. The van der Waals surface area contributed by atoms with Crippen LogP contribution in [0, 0.1) is 6.92 Å². The molecule has 2 aromatic rings. The van der Waals surface area contributed by atoms with Crippen LogP contribution in [0.1, 0.15) is 29.6 Å². The fourth-order valence-corrected chi connectivity index (χ4v) is 3.96. The van der Waals surface area contributed by atoms with Crippen LogP contribution in [-0.4, -0.2) is 71.7 Å². The summed E-state index contributed by atoms with van der Waals surface area (Å²) < 4.78 is 11.1. The van der Waals surface area contributed by atoms with Crippen molar-refractivity contribution in [2.75, 3.05) is 38.1 Å². The molecular formula is C19H25N5O4. The number of nitrogens with one attached hydrogen (secondary N) is 1. The van der Waals surface area contributed by atoms with Crippen molar-refractivity contribution in [2.24, 2.45) is 5.73 Å². The molecule has 2 aliphatic heterocycles. The van der Waals surface area contributed by atoms with Crippen LogP contribution in [0.25, 0.3) is 11.1 Å². The Kier molecular flexibility index (Phi) is 4.94. The Labute approximate surface area is 162 Å². The number of primary amides is 1. The van der Waals surface area contributed by atoms with Crippen LogP contribution in [0.5, 0.6) is 0 Å². The zero-order valence-electron chi connectivity index (χ0n) is 16.1. The van der Waals surface area contributed by atoms with Crippen LogP contribution < -0.4 is 11.1 Å². The number of pyridine rings is 1. The number of fused-ring (bicyclic) bond motifs is 1. The van der Waals surface area contributed by atoms with Crippen molar-refractivity contribution >= 4 is 28.7 Å². The first-order valence-electron chi connectivity index (χ1n) is 9.54. The largest absolute Gasteiger partial charge is 0.430 e. The van der Waals surface area contributed by atoms with Crippen LogP contribution in [0.2, 0.25) is 0 Å². The van der Waals surface area contributed by atoms with Crippen molar-refractivity contribution < 1.29 is 18.7 Å². The topological polar surface area (TPSA) is 114 Å². The summed E-state index contributed by atoms with van der Waals surface area (Å²) in [5, 5.41) is 3.38. The van der Waals surface area contributed by atoms with Crippen LogP contribution in [0.3, 0.4) is 0 Å². The van der Waals surface area contributed by atoms with E-state index in [1.54, 1.807) is 17.0 Å².